The Hall–Kier alpha value is -3.61. The maximum Gasteiger partial charge on any atom is 0.349 e. The molecule has 3 aromatic rings. The number of hydrogen-bond donors (Lipinski definition) is 1. The van der Waals surface area contributed by atoms with Crippen molar-refractivity contribution in [2.45, 2.75) is 19.4 Å². The van der Waals surface area contributed by atoms with Crippen LogP contribution < -0.4 is 10.5 Å². The first-order chi connectivity index (χ1) is 14.9. The molecule has 0 atom stereocenters. The van der Waals surface area contributed by atoms with Crippen molar-refractivity contribution in [3.8, 4) is 0 Å². The maximum absolute atomic E-state index is 12.9. The summed E-state index contributed by atoms with van der Waals surface area (Å²) in [6.07, 6.45) is 1.24. The van der Waals surface area contributed by atoms with E-state index >= 15 is 0 Å². The van der Waals surface area contributed by atoms with E-state index in [2.05, 4.69) is 4.90 Å². The van der Waals surface area contributed by atoms with Gasteiger partial charge < -0.3 is 19.3 Å². The molecule has 2 aromatic carbocycles. The highest BCUT2D eigenvalue weighted by Gasteiger charge is 2.25. The standard InChI is InChI=1S/C24H24N2O5/c1-25(22(27)20-14-18-6-2-3-8-21(18)31-24(20)30)15-16-5-4-7-19(13-16)26-11-9-17(10-12-26)23(28)29/h2-8,13-14,17H,9-12,15H2,1H3,(H,28,29). The Balaban J connectivity index is 1.48. The predicted molar refractivity (Wildman–Crippen MR) is 117 cm³/mol. The highest BCUT2D eigenvalue weighted by Crippen LogP contribution is 2.25. The lowest BCUT2D eigenvalue weighted by Gasteiger charge is -2.32. The van der Waals surface area contributed by atoms with Gasteiger partial charge in [-0.2, -0.15) is 0 Å². The fraction of sp³-hybridized carbons (Fsp3) is 0.292. The van der Waals surface area contributed by atoms with Crippen molar-refractivity contribution in [2.75, 3.05) is 25.0 Å². The Morgan fingerprint density at radius 3 is 2.58 bits per heavy atom. The molecule has 0 unspecified atom stereocenters. The minimum Gasteiger partial charge on any atom is -0.481 e. The molecule has 1 aromatic heterocycles. The van der Waals surface area contributed by atoms with Gasteiger partial charge in [0.1, 0.15) is 11.1 Å². The van der Waals surface area contributed by atoms with Crippen molar-refractivity contribution < 1.29 is 19.1 Å². The van der Waals surface area contributed by atoms with E-state index in [-0.39, 0.29) is 11.5 Å². The molecule has 2 heterocycles. The summed E-state index contributed by atoms with van der Waals surface area (Å²) in [4.78, 5) is 40.0. The molecule has 0 aliphatic carbocycles. The first-order valence-electron chi connectivity index (χ1n) is 10.3. The molecule has 1 aliphatic rings. The van der Waals surface area contributed by atoms with Gasteiger partial charge in [0.05, 0.1) is 5.92 Å². The van der Waals surface area contributed by atoms with Gasteiger partial charge in [0, 0.05) is 37.8 Å². The van der Waals surface area contributed by atoms with Crippen LogP contribution in [-0.2, 0) is 11.3 Å². The summed E-state index contributed by atoms with van der Waals surface area (Å²) in [7, 11) is 1.65. The number of para-hydroxylation sites is 1. The summed E-state index contributed by atoms with van der Waals surface area (Å²) in [5, 5.41) is 9.88. The minimum atomic E-state index is -0.730. The van der Waals surface area contributed by atoms with Crippen LogP contribution in [-0.4, -0.2) is 42.0 Å². The van der Waals surface area contributed by atoms with E-state index in [1.807, 2.05) is 30.3 Å². The number of carbonyl (C=O) groups is 2. The lowest BCUT2D eigenvalue weighted by molar-refractivity contribution is -0.142. The van der Waals surface area contributed by atoms with Gasteiger partial charge in [-0.3, -0.25) is 9.59 Å². The number of aliphatic carboxylic acids is 1. The van der Waals surface area contributed by atoms with Crippen molar-refractivity contribution in [2.24, 2.45) is 5.92 Å². The number of carboxylic acid groups (broad SMARTS) is 1. The van der Waals surface area contributed by atoms with E-state index in [1.165, 1.54) is 4.90 Å². The van der Waals surface area contributed by atoms with Crippen LogP contribution in [0.15, 0.2) is 63.8 Å². The average Bonchev–Trinajstić information content (AvgIpc) is 2.78. The van der Waals surface area contributed by atoms with E-state index in [0.29, 0.717) is 43.4 Å². The molecule has 1 aliphatic heterocycles. The van der Waals surface area contributed by atoms with E-state index in [9.17, 15) is 19.5 Å². The van der Waals surface area contributed by atoms with Crippen LogP contribution in [0.3, 0.4) is 0 Å². The number of piperidine rings is 1. The number of hydrogen-bond acceptors (Lipinski definition) is 5. The third kappa shape index (κ3) is 4.45. The first-order valence-corrected chi connectivity index (χ1v) is 10.3. The van der Waals surface area contributed by atoms with Gasteiger partial charge in [-0.1, -0.05) is 30.3 Å². The van der Waals surface area contributed by atoms with Crippen LogP contribution in [0.5, 0.6) is 0 Å². The molecule has 1 saturated heterocycles. The van der Waals surface area contributed by atoms with Gasteiger partial charge in [0.15, 0.2) is 0 Å². The lowest BCUT2D eigenvalue weighted by atomic mass is 9.96. The number of nitrogens with zero attached hydrogens (tertiary/aromatic N) is 2. The van der Waals surface area contributed by atoms with Crippen molar-refractivity contribution in [1.29, 1.82) is 0 Å². The number of carbonyl (C=O) groups excluding carboxylic acids is 1. The fourth-order valence-electron chi connectivity index (χ4n) is 4.00. The molecule has 0 spiro atoms. The fourth-order valence-corrected chi connectivity index (χ4v) is 4.00. The highest BCUT2D eigenvalue weighted by atomic mass is 16.4. The topological polar surface area (TPSA) is 91.1 Å². The molecule has 7 nitrogen and oxygen atoms in total. The number of benzene rings is 2. The van der Waals surface area contributed by atoms with Gasteiger partial charge in [-0.15, -0.1) is 0 Å². The van der Waals surface area contributed by atoms with Crippen LogP contribution in [0, 0.1) is 5.92 Å². The number of amides is 1. The second-order valence-electron chi connectivity index (χ2n) is 7.92. The van der Waals surface area contributed by atoms with Crippen LogP contribution in [0.4, 0.5) is 5.69 Å². The molecule has 0 bridgehead atoms. The zero-order chi connectivity index (χ0) is 22.0. The molecule has 1 amide bonds. The zero-order valence-corrected chi connectivity index (χ0v) is 17.3. The number of carboxylic acids is 1. The highest BCUT2D eigenvalue weighted by molar-refractivity contribution is 5.96. The monoisotopic (exact) mass is 420 g/mol. The number of anilines is 1. The Kier molecular flexibility index (Phi) is 5.75. The van der Waals surface area contributed by atoms with Gasteiger partial charge in [0.25, 0.3) is 5.91 Å². The predicted octanol–water partition coefficient (Wildman–Crippen LogP) is 3.37. The Morgan fingerprint density at radius 1 is 1.10 bits per heavy atom. The van der Waals surface area contributed by atoms with Crippen molar-refractivity contribution in [3.05, 3.63) is 76.1 Å². The minimum absolute atomic E-state index is 0.00750. The van der Waals surface area contributed by atoms with Gasteiger partial charge in [-0.25, -0.2) is 4.79 Å². The van der Waals surface area contributed by atoms with E-state index in [4.69, 9.17) is 4.42 Å². The van der Waals surface area contributed by atoms with Gasteiger partial charge in [-0.05, 0) is 42.7 Å². The largest absolute Gasteiger partial charge is 0.481 e. The van der Waals surface area contributed by atoms with Crippen LogP contribution in [0.25, 0.3) is 11.0 Å². The quantitative estimate of drug-likeness (QED) is 0.637. The molecule has 7 heteroatoms. The molecule has 160 valence electrons. The van der Waals surface area contributed by atoms with Crippen LogP contribution in [0.2, 0.25) is 0 Å². The van der Waals surface area contributed by atoms with Crippen LogP contribution in [0.1, 0.15) is 28.8 Å². The van der Waals surface area contributed by atoms with Crippen molar-refractivity contribution in [3.63, 3.8) is 0 Å². The molecular weight excluding hydrogens is 396 g/mol. The molecule has 1 fully saturated rings. The summed E-state index contributed by atoms with van der Waals surface area (Å²) in [5.41, 5.74) is 1.75. The zero-order valence-electron chi connectivity index (χ0n) is 17.3. The van der Waals surface area contributed by atoms with Gasteiger partial charge >= 0.3 is 11.6 Å². The lowest BCUT2D eigenvalue weighted by Crippen LogP contribution is -2.36. The van der Waals surface area contributed by atoms with E-state index in [1.54, 1.807) is 31.3 Å². The molecular formula is C24H24N2O5. The summed E-state index contributed by atoms with van der Waals surface area (Å²) in [6, 6.07) is 16.5. The summed E-state index contributed by atoms with van der Waals surface area (Å²) in [6.45, 7) is 1.71. The Bertz CT molecular complexity index is 1180. The second-order valence-corrected chi connectivity index (χ2v) is 7.92. The van der Waals surface area contributed by atoms with Crippen molar-refractivity contribution >= 4 is 28.5 Å². The second kappa shape index (κ2) is 8.63. The smallest absolute Gasteiger partial charge is 0.349 e. The number of rotatable bonds is 5. The normalized spacial score (nSPS) is 14.5. The number of fused-ring (bicyclic) bond motifs is 1. The van der Waals surface area contributed by atoms with Crippen molar-refractivity contribution in [1.82, 2.24) is 4.90 Å². The molecule has 0 radical (unpaired) electrons. The SMILES string of the molecule is CN(Cc1cccc(N2CCC(C(=O)O)CC2)c1)C(=O)c1cc2ccccc2oc1=O. The third-order valence-electron chi connectivity index (χ3n) is 5.76. The van der Waals surface area contributed by atoms with E-state index in [0.717, 1.165) is 11.3 Å². The Morgan fingerprint density at radius 2 is 1.84 bits per heavy atom. The maximum atomic E-state index is 12.9. The first kappa shape index (κ1) is 20.7. The summed E-state index contributed by atoms with van der Waals surface area (Å²) in [5.74, 6) is -1.41. The average molecular weight is 420 g/mol. The summed E-state index contributed by atoms with van der Waals surface area (Å²) < 4.78 is 5.29. The molecule has 1 N–H and O–H groups in total. The van der Waals surface area contributed by atoms with Gasteiger partial charge in [0.2, 0.25) is 0 Å². The third-order valence-corrected chi connectivity index (χ3v) is 5.76. The van der Waals surface area contributed by atoms with E-state index < -0.39 is 17.5 Å². The Labute approximate surface area is 179 Å². The summed E-state index contributed by atoms with van der Waals surface area (Å²) >= 11 is 0. The molecule has 31 heavy (non-hydrogen) atoms. The molecule has 4 rings (SSSR count). The molecule has 0 saturated carbocycles. The van der Waals surface area contributed by atoms with Crippen LogP contribution >= 0.6 is 0 Å².